The van der Waals surface area contributed by atoms with Crippen molar-refractivity contribution >= 4 is 0 Å². The van der Waals surface area contributed by atoms with Gasteiger partial charge in [0.15, 0.2) is 0 Å². The van der Waals surface area contributed by atoms with E-state index in [0.29, 0.717) is 19.4 Å². The van der Waals surface area contributed by atoms with Gasteiger partial charge < -0.3 is 14.9 Å². The van der Waals surface area contributed by atoms with Crippen LogP contribution in [0.1, 0.15) is 23.1 Å². The van der Waals surface area contributed by atoms with E-state index in [1.165, 1.54) is 0 Å². The quantitative estimate of drug-likeness (QED) is 0.907. The molecule has 2 aromatic carbocycles. The standard InChI is InChI=1S/C18H20O3/c19-13-18(20)10-9-16-15(11-18)7-4-8-17(16)21-12-14-5-2-1-3-6-14/h1-8,19-20H,9-13H2/t18-/m0/s1. The highest BCUT2D eigenvalue weighted by molar-refractivity contribution is 5.43. The van der Waals surface area contributed by atoms with Gasteiger partial charge in [0, 0.05) is 6.42 Å². The van der Waals surface area contributed by atoms with Crippen LogP contribution in [0.4, 0.5) is 0 Å². The van der Waals surface area contributed by atoms with E-state index >= 15 is 0 Å². The molecule has 3 rings (SSSR count). The normalized spacial score (nSPS) is 20.9. The van der Waals surface area contributed by atoms with Crippen LogP contribution in [0.3, 0.4) is 0 Å². The number of aliphatic hydroxyl groups excluding tert-OH is 1. The Bertz CT molecular complexity index is 609. The van der Waals surface area contributed by atoms with Crippen molar-refractivity contribution in [3.05, 3.63) is 65.2 Å². The lowest BCUT2D eigenvalue weighted by atomic mass is 9.80. The second-order valence-electron chi connectivity index (χ2n) is 5.73. The Kier molecular flexibility index (Phi) is 3.95. The van der Waals surface area contributed by atoms with Crippen molar-refractivity contribution in [3.8, 4) is 5.75 Å². The van der Waals surface area contributed by atoms with Crippen molar-refractivity contribution in [3.63, 3.8) is 0 Å². The Balaban J connectivity index is 1.77. The lowest BCUT2D eigenvalue weighted by molar-refractivity contribution is -0.0250. The molecule has 0 aromatic heterocycles. The predicted molar refractivity (Wildman–Crippen MR) is 81.3 cm³/mol. The predicted octanol–water partition coefficient (Wildman–Crippen LogP) is 2.48. The fraction of sp³-hybridized carbons (Fsp3) is 0.333. The average Bonchev–Trinajstić information content (AvgIpc) is 2.53. The van der Waals surface area contributed by atoms with Gasteiger partial charge in [-0.05, 0) is 35.6 Å². The van der Waals surface area contributed by atoms with Crippen molar-refractivity contribution < 1.29 is 14.9 Å². The Morgan fingerprint density at radius 3 is 2.62 bits per heavy atom. The topological polar surface area (TPSA) is 49.7 Å². The monoisotopic (exact) mass is 284 g/mol. The summed E-state index contributed by atoms with van der Waals surface area (Å²) in [5.41, 5.74) is 2.39. The maximum absolute atomic E-state index is 10.2. The van der Waals surface area contributed by atoms with Crippen molar-refractivity contribution in [2.75, 3.05) is 6.61 Å². The second-order valence-corrected chi connectivity index (χ2v) is 5.73. The van der Waals surface area contributed by atoms with Gasteiger partial charge in [0.25, 0.3) is 0 Å². The number of hydrogen-bond acceptors (Lipinski definition) is 3. The maximum Gasteiger partial charge on any atom is 0.123 e. The zero-order chi connectivity index (χ0) is 14.7. The van der Waals surface area contributed by atoms with Crippen LogP contribution in [0, 0.1) is 0 Å². The lowest BCUT2D eigenvalue weighted by Crippen LogP contribution is -2.39. The first-order chi connectivity index (χ1) is 10.2. The summed E-state index contributed by atoms with van der Waals surface area (Å²) in [5.74, 6) is 0.886. The second kappa shape index (κ2) is 5.88. The average molecular weight is 284 g/mol. The highest BCUT2D eigenvalue weighted by Crippen LogP contribution is 2.34. The van der Waals surface area contributed by atoms with E-state index in [-0.39, 0.29) is 6.61 Å². The molecule has 0 radical (unpaired) electrons. The summed E-state index contributed by atoms with van der Waals surface area (Å²) < 4.78 is 5.95. The number of rotatable bonds is 4. The van der Waals surface area contributed by atoms with Crippen molar-refractivity contribution in [2.24, 2.45) is 0 Å². The minimum Gasteiger partial charge on any atom is -0.489 e. The van der Waals surface area contributed by atoms with Gasteiger partial charge in [0.05, 0.1) is 12.2 Å². The molecule has 1 aliphatic rings. The number of aliphatic hydroxyl groups is 2. The van der Waals surface area contributed by atoms with Gasteiger partial charge in [-0.15, -0.1) is 0 Å². The molecule has 1 aliphatic carbocycles. The molecule has 0 unspecified atom stereocenters. The smallest absolute Gasteiger partial charge is 0.123 e. The highest BCUT2D eigenvalue weighted by Gasteiger charge is 2.32. The molecule has 1 atom stereocenters. The molecule has 3 nitrogen and oxygen atoms in total. The molecule has 0 fully saturated rings. The van der Waals surface area contributed by atoms with Crippen LogP contribution in [-0.2, 0) is 19.4 Å². The van der Waals surface area contributed by atoms with Gasteiger partial charge in [-0.3, -0.25) is 0 Å². The summed E-state index contributed by atoms with van der Waals surface area (Å²) in [5, 5.41) is 19.6. The summed E-state index contributed by atoms with van der Waals surface area (Å²) in [4.78, 5) is 0. The van der Waals surface area contributed by atoms with E-state index in [4.69, 9.17) is 4.74 Å². The molecule has 2 N–H and O–H groups in total. The Hall–Kier alpha value is -1.84. The summed E-state index contributed by atoms with van der Waals surface area (Å²) >= 11 is 0. The number of fused-ring (bicyclic) bond motifs is 1. The van der Waals surface area contributed by atoms with Gasteiger partial charge in [0.2, 0.25) is 0 Å². The third-order valence-electron chi connectivity index (χ3n) is 4.12. The van der Waals surface area contributed by atoms with E-state index in [1.807, 2.05) is 48.5 Å². The van der Waals surface area contributed by atoms with Crippen LogP contribution >= 0.6 is 0 Å². The van der Waals surface area contributed by atoms with Crippen molar-refractivity contribution in [2.45, 2.75) is 31.5 Å². The van der Waals surface area contributed by atoms with Gasteiger partial charge >= 0.3 is 0 Å². The molecule has 21 heavy (non-hydrogen) atoms. The molecule has 3 heteroatoms. The van der Waals surface area contributed by atoms with E-state index in [2.05, 4.69) is 0 Å². The molecule has 0 saturated carbocycles. The van der Waals surface area contributed by atoms with Crippen LogP contribution in [0.15, 0.2) is 48.5 Å². The molecule has 0 spiro atoms. The molecule has 110 valence electrons. The van der Waals surface area contributed by atoms with Crippen molar-refractivity contribution in [1.29, 1.82) is 0 Å². The number of hydrogen-bond donors (Lipinski definition) is 2. The molecule has 0 heterocycles. The van der Waals surface area contributed by atoms with Crippen LogP contribution in [0.25, 0.3) is 0 Å². The first kappa shape index (κ1) is 14.1. The van der Waals surface area contributed by atoms with Gasteiger partial charge in [-0.1, -0.05) is 42.5 Å². The SMILES string of the molecule is OC[C@]1(O)CCc2c(cccc2OCc2ccccc2)C1. The van der Waals surface area contributed by atoms with E-state index < -0.39 is 5.60 Å². The number of ether oxygens (including phenoxy) is 1. The van der Waals surface area contributed by atoms with Crippen LogP contribution in [0.5, 0.6) is 5.75 Å². The summed E-state index contributed by atoms with van der Waals surface area (Å²) in [6.07, 6.45) is 1.79. The molecule has 0 bridgehead atoms. The minimum atomic E-state index is -0.981. The minimum absolute atomic E-state index is 0.193. The summed E-state index contributed by atoms with van der Waals surface area (Å²) in [6.45, 7) is 0.350. The molecule has 0 saturated heterocycles. The zero-order valence-corrected chi connectivity index (χ0v) is 12.0. The lowest BCUT2D eigenvalue weighted by Gasteiger charge is -2.32. The third-order valence-corrected chi connectivity index (χ3v) is 4.12. The molecule has 0 aliphatic heterocycles. The summed E-state index contributed by atoms with van der Waals surface area (Å²) in [7, 11) is 0. The molecular weight excluding hydrogens is 264 g/mol. The van der Waals surface area contributed by atoms with Gasteiger partial charge in [-0.25, -0.2) is 0 Å². The van der Waals surface area contributed by atoms with Crippen LogP contribution < -0.4 is 4.74 Å². The first-order valence-corrected chi connectivity index (χ1v) is 7.31. The first-order valence-electron chi connectivity index (χ1n) is 7.31. The number of benzene rings is 2. The van der Waals surface area contributed by atoms with Crippen LogP contribution in [0.2, 0.25) is 0 Å². The maximum atomic E-state index is 10.2. The highest BCUT2D eigenvalue weighted by atomic mass is 16.5. The largest absolute Gasteiger partial charge is 0.489 e. The van der Waals surface area contributed by atoms with E-state index in [0.717, 1.165) is 28.9 Å². The Labute approximate surface area is 124 Å². The Morgan fingerprint density at radius 1 is 1.05 bits per heavy atom. The zero-order valence-electron chi connectivity index (χ0n) is 12.0. The van der Waals surface area contributed by atoms with E-state index in [1.54, 1.807) is 0 Å². The van der Waals surface area contributed by atoms with Gasteiger partial charge in [-0.2, -0.15) is 0 Å². The third kappa shape index (κ3) is 3.09. The Morgan fingerprint density at radius 2 is 1.86 bits per heavy atom. The fourth-order valence-electron chi connectivity index (χ4n) is 2.87. The van der Waals surface area contributed by atoms with Crippen molar-refractivity contribution in [1.82, 2.24) is 0 Å². The van der Waals surface area contributed by atoms with E-state index in [9.17, 15) is 10.2 Å². The molecule has 0 amide bonds. The van der Waals surface area contributed by atoms with Crippen LogP contribution in [-0.4, -0.2) is 22.4 Å². The summed E-state index contributed by atoms with van der Waals surface area (Å²) in [6, 6.07) is 16.0. The molecule has 2 aromatic rings. The fourth-order valence-corrected chi connectivity index (χ4v) is 2.87. The molecular formula is C18H20O3. The van der Waals surface area contributed by atoms with Gasteiger partial charge in [0.1, 0.15) is 12.4 Å².